The number of amides is 1. The Kier molecular flexibility index (Phi) is 10.4. The molecule has 12 heteroatoms. The van der Waals surface area contributed by atoms with Crippen LogP contribution in [0.25, 0.3) is 11.1 Å². The van der Waals surface area contributed by atoms with E-state index in [1.807, 2.05) is 37.4 Å². The number of carboxylic acid groups (broad SMARTS) is 1. The van der Waals surface area contributed by atoms with Gasteiger partial charge in [-0.15, -0.1) is 0 Å². The Balaban J connectivity index is 1.41. The Morgan fingerprint density at radius 3 is 2.56 bits per heavy atom. The maximum Gasteiger partial charge on any atom is 0.326 e. The van der Waals surface area contributed by atoms with Crippen LogP contribution in [-0.2, 0) is 16.0 Å². The molecule has 0 spiro atoms. The number of carbonyl (C=O) groups excluding carboxylic acids is 1. The van der Waals surface area contributed by atoms with Crippen molar-refractivity contribution in [1.29, 1.82) is 0 Å². The van der Waals surface area contributed by atoms with Crippen molar-refractivity contribution in [3.63, 3.8) is 0 Å². The quantitative estimate of drug-likeness (QED) is 0.298. The lowest BCUT2D eigenvalue weighted by atomic mass is 9.95. The Labute approximate surface area is 248 Å². The van der Waals surface area contributed by atoms with Gasteiger partial charge < -0.3 is 25.5 Å². The average molecular weight is 604 g/mol. The SMILES string of the molecule is CNCCN(C)c1ncnc(N2CCCC(C(=O)N[C@@H](Cc3ccc(-c4ccc(Cl)c(Cl)c4)cc3)C(=O)O)C2)c1F. The van der Waals surface area contributed by atoms with Crippen molar-refractivity contribution in [2.75, 3.05) is 50.1 Å². The summed E-state index contributed by atoms with van der Waals surface area (Å²) in [5.74, 6) is -2.23. The number of rotatable bonds is 11. The van der Waals surface area contributed by atoms with E-state index >= 15 is 4.39 Å². The van der Waals surface area contributed by atoms with Crippen molar-refractivity contribution in [2.24, 2.45) is 5.92 Å². The maximum atomic E-state index is 15.4. The molecule has 218 valence electrons. The number of aliphatic carboxylic acids is 1. The van der Waals surface area contributed by atoms with Gasteiger partial charge in [0.15, 0.2) is 11.6 Å². The number of hydrogen-bond acceptors (Lipinski definition) is 7. The number of halogens is 3. The van der Waals surface area contributed by atoms with Crippen molar-refractivity contribution in [1.82, 2.24) is 20.6 Å². The minimum Gasteiger partial charge on any atom is -0.480 e. The molecule has 2 atom stereocenters. The molecule has 0 radical (unpaired) electrons. The molecule has 1 aliphatic rings. The van der Waals surface area contributed by atoms with Crippen LogP contribution < -0.4 is 20.4 Å². The number of piperidine rings is 1. The first-order chi connectivity index (χ1) is 19.7. The molecular formula is C29H33Cl2FN6O3. The third-order valence-corrected chi connectivity index (χ3v) is 7.90. The molecule has 3 aromatic rings. The number of nitrogens with zero attached hydrogens (tertiary/aromatic N) is 4. The first-order valence-corrected chi connectivity index (χ1v) is 14.1. The zero-order valence-corrected chi connectivity index (χ0v) is 24.4. The van der Waals surface area contributed by atoms with Crippen LogP contribution in [0, 0.1) is 11.7 Å². The van der Waals surface area contributed by atoms with Crippen LogP contribution in [0.2, 0.25) is 10.0 Å². The molecule has 2 aromatic carbocycles. The number of carboxylic acids is 1. The Morgan fingerprint density at radius 2 is 1.88 bits per heavy atom. The van der Waals surface area contributed by atoms with Gasteiger partial charge in [-0.05, 0) is 48.7 Å². The molecule has 1 amide bonds. The second-order valence-electron chi connectivity index (χ2n) is 10.1. The van der Waals surface area contributed by atoms with E-state index in [-0.39, 0.29) is 30.5 Å². The average Bonchev–Trinajstić information content (AvgIpc) is 2.97. The standard InChI is InChI=1S/C29H33Cl2FN6O3/c1-33-11-13-37(2)26-25(32)27(35-17-34-26)38-12-3-4-21(16-38)28(39)36-24(29(40)41)14-18-5-7-19(8-6-18)20-9-10-22(30)23(31)15-20/h5-10,15,17,21,24,33H,3-4,11-14,16H2,1-2H3,(H,36,39)(H,40,41)/t21?,24-/m0/s1. The normalized spacial score (nSPS) is 15.8. The Bertz CT molecular complexity index is 1380. The number of aromatic nitrogens is 2. The van der Waals surface area contributed by atoms with Gasteiger partial charge >= 0.3 is 5.97 Å². The fraction of sp³-hybridized carbons (Fsp3) is 0.379. The Hall–Kier alpha value is -3.47. The molecule has 41 heavy (non-hydrogen) atoms. The van der Waals surface area contributed by atoms with Crippen molar-refractivity contribution in [3.8, 4) is 11.1 Å². The molecule has 1 fully saturated rings. The second kappa shape index (κ2) is 13.9. The number of anilines is 2. The summed E-state index contributed by atoms with van der Waals surface area (Å²) in [6.45, 7) is 1.98. The highest BCUT2D eigenvalue weighted by Gasteiger charge is 2.31. The van der Waals surface area contributed by atoms with Gasteiger partial charge in [-0.1, -0.05) is 53.5 Å². The summed E-state index contributed by atoms with van der Waals surface area (Å²) in [5.41, 5.74) is 2.54. The fourth-order valence-electron chi connectivity index (χ4n) is 4.84. The van der Waals surface area contributed by atoms with Crippen LogP contribution in [0.1, 0.15) is 18.4 Å². The summed E-state index contributed by atoms with van der Waals surface area (Å²) < 4.78 is 15.4. The molecule has 0 bridgehead atoms. The molecule has 0 aliphatic carbocycles. The lowest BCUT2D eigenvalue weighted by Crippen LogP contribution is -2.49. The van der Waals surface area contributed by atoms with E-state index in [1.165, 1.54) is 6.33 Å². The molecule has 9 nitrogen and oxygen atoms in total. The second-order valence-corrected chi connectivity index (χ2v) is 10.9. The molecule has 1 saturated heterocycles. The third kappa shape index (κ3) is 7.63. The largest absolute Gasteiger partial charge is 0.480 e. The van der Waals surface area contributed by atoms with E-state index in [1.54, 1.807) is 29.0 Å². The van der Waals surface area contributed by atoms with Crippen LogP contribution in [0.4, 0.5) is 16.0 Å². The van der Waals surface area contributed by atoms with Gasteiger partial charge in [0.2, 0.25) is 11.7 Å². The van der Waals surface area contributed by atoms with E-state index in [0.29, 0.717) is 42.5 Å². The Morgan fingerprint density at radius 1 is 1.15 bits per heavy atom. The van der Waals surface area contributed by atoms with Crippen molar-refractivity contribution in [3.05, 3.63) is 70.2 Å². The molecule has 0 saturated carbocycles. The molecule has 1 aromatic heterocycles. The monoisotopic (exact) mass is 602 g/mol. The minimum atomic E-state index is -1.13. The summed E-state index contributed by atoms with van der Waals surface area (Å²) in [5, 5.41) is 16.5. The van der Waals surface area contributed by atoms with Crippen LogP contribution in [0.3, 0.4) is 0 Å². The van der Waals surface area contributed by atoms with Crippen LogP contribution in [0.15, 0.2) is 48.8 Å². The molecular weight excluding hydrogens is 570 g/mol. The van der Waals surface area contributed by atoms with Gasteiger partial charge in [-0.25, -0.2) is 14.8 Å². The molecule has 2 heterocycles. The predicted molar refractivity (Wildman–Crippen MR) is 159 cm³/mol. The fourth-order valence-corrected chi connectivity index (χ4v) is 5.14. The summed E-state index contributed by atoms with van der Waals surface area (Å²) >= 11 is 12.1. The first-order valence-electron chi connectivity index (χ1n) is 13.4. The summed E-state index contributed by atoms with van der Waals surface area (Å²) in [7, 11) is 3.57. The number of carbonyl (C=O) groups is 2. The molecule has 1 aliphatic heterocycles. The lowest BCUT2D eigenvalue weighted by molar-refractivity contribution is -0.142. The number of nitrogens with one attached hydrogen (secondary N) is 2. The van der Waals surface area contributed by atoms with Gasteiger partial charge in [-0.2, -0.15) is 4.39 Å². The smallest absolute Gasteiger partial charge is 0.326 e. The maximum absolute atomic E-state index is 15.4. The van der Waals surface area contributed by atoms with E-state index in [0.717, 1.165) is 16.7 Å². The topological polar surface area (TPSA) is 111 Å². The van der Waals surface area contributed by atoms with E-state index in [2.05, 4.69) is 20.6 Å². The van der Waals surface area contributed by atoms with Crippen molar-refractivity contribution in [2.45, 2.75) is 25.3 Å². The van der Waals surface area contributed by atoms with Crippen molar-refractivity contribution >= 4 is 46.7 Å². The van der Waals surface area contributed by atoms with Gasteiger partial charge in [0.05, 0.1) is 16.0 Å². The lowest BCUT2D eigenvalue weighted by Gasteiger charge is -2.34. The highest BCUT2D eigenvalue weighted by molar-refractivity contribution is 6.42. The molecule has 3 N–H and O–H groups in total. The van der Waals surface area contributed by atoms with E-state index in [9.17, 15) is 14.7 Å². The molecule has 1 unspecified atom stereocenters. The van der Waals surface area contributed by atoms with Crippen molar-refractivity contribution < 1.29 is 19.1 Å². The van der Waals surface area contributed by atoms with Gasteiger partial charge in [0.1, 0.15) is 12.4 Å². The van der Waals surface area contributed by atoms with Gasteiger partial charge in [0.25, 0.3) is 0 Å². The summed E-state index contributed by atoms with van der Waals surface area (Å²) in [4.78, 5) is 37.0. The third-order valence-electron chi connectivity index (χ3n) is 7.16. The number of benzene rings is 2. The first kappa shape index (κ1) is 30.5. The predicted octanol–water partition coefficient (Wildman–Crippen LogP) is 4.27. The number of hydrogen-bond donors (Lipinski definition) is 3. The van der Waals surface area contributed by atoms with E-state index in [4.69, 9.17) is 23.2 Å². The summed E-state index contributed by atoms with van der Waals surface area (Å²) in [6.07, 6.45) is 2.64. The van der Waals surface area contributed by atoms with Gasteiger partial charge in [0, 0.05) is 39.6 Å². The van der Waals surface area contributed by atoms with Crippen LogP contribution in [0.5, 0.6) is 0 Å². The molecule has 4 rings (SSSR count). The van der Waals surface area contributed by atoms with Crippen LogP contribution >= 0.6 is 23.2 Å². The van der Waals surface area contributed by atoms with Crippen LogP contribution in [-0.4, -0.2) is 73.3 Å². The minimum absolute atomic E-state index is 0.113. The van der Waals surface area contributed by atoms with Gasteiger partial charge in [-0.3, -0.25) is 4.79 Å². The summed E-state index contributed by atoms with van der Waals surface area (Å²) in [6, 6.07) is 11.6. The number of likely N-dealkylation sites (N-methyl/N-ethyl adjacent to an activating group) is 2. The highest BCUT2D eigenvalue weighted by Crippen LogP contribution is 2.30. The zero-order chi connectivity index (χ0) is 29.5. The van der Waals surface area contributed by atoms with E-state index < -0.39 is 23.7 Å². The highest BCUT2D eigenvalue weighted by atomic mass is 35.5. The zero-order valence-electron chi connectivity index (χ0n) is 22.9.